The molecular formula is C15H24N4O. The monoisotopic (exact) mass is 276 g/mol. The molecule has 0 aliphatic carbocycles. The van der Waals surface area contributed by atoms with Gasteiger partial charge in [-0.05, 0) is 32.2 Å². The van der Waals surface area contributed by atoms with Gasteiger partial charge in [-0.1, -0.05) is 0 Å². The lowest BCUT2D eigenvalue weighted by atomic mass is 10.0. The molecule has 2 atom stereocenters. The maximum atomic E-state index is 11.8. The zero-order chi connectivity index (χ0) is 14.1. The van der Waals surface area contributed by atoms with E-state index in [1.54, 1.807) is 6.92 Å². The molecule has 2 fully saturated rings. The molecule has 0 N–H and O–H groups in total. The zero-order valence-corrected chi connectivity index (χ0v) is 12.5. The van der Waals surface area contributed by atoms with Crippen molar-refractivity contribution in [2.75, 3.05) is 13.1 Å². The van der Waals surface area contributed by atoms with Gasteiger partial charge in [-0.3, -0.25) is 9.69 Å². The Morgan fingerprint density at radius 3 is 2.75 bits per heavy atom. The molecule has 5 nitrogen and oxygen atoms in total. The fourth-order valence-electron chi connectivity index (χ4n) is 3.80. The van der Waals surface area contributed by atoms with Crippen LogP contribution in [0.5, 0.6) is 0 Å². The number of carbonyl (C=O) groups is 1. The van der Waals surface area contributed by atoms with E-state index in [2.05, 4.69) is 19.4 Å². The fraction of sp³-hybridized carbons (Fsp3) is 0.733. The van der Waals surface area contributed by atoms with Gasteiger partial charge in [0.05, 0.1) is 6.54 Å². The molecule has 2 aliphatic rings. The highest BCUT2D eigenvalue weighted by molar-refractivity contribution is 5.74. The standard InChI is InChI=1S/C15H24N4O/c1-12(20)19-9-4-6-14(19)13-5-3-8-18(13)11-15-16-7-10-17(15)2/h7,10,13-14H,3-6,8-9,11H2,1-2H3/t13-,14-/m0/s1. The maximum absolute atomic E-state index is 11.8. The minimum atomic E-state index is 0.233. The predicted molar refractivity (Wildman–Crippen MR) is 77.0 cm³/mol. The quantitative estimate of drug-likeness (QED) is 0.838. The first-order valence-electron chi connectivity index (χ1n) is 7.64. The van der Waals surface area contributed by atoms with E-state index in [0.717, 1.165) is 38.3 Å². The number of hydrogen-bond donors (Lipinski definition) is 0. The molecule has 0 spiro atoms. The number of rotatable bonds is 3. The van der Waals surface area contributed by atoms with Gasteiger partial charge in [-0.2, -0.15) is 0 Å². The van der Waals surface area contributed by atoms with Gasteiger partial charge >= 0.3 is 0 Å². The molecule has 20 heavy (non-hydrogen) atoms. The van der Waals surface area contributed by atoms with Gasteiger partial charge < -0.3 is 9.47 Å². The second-order valence-corrected chi connectivity index (χ2v) is 6.06. The predicted octanol–water partition coefficient (Wildman–Crippen LogP) is 1.40. The van der Waals surface area contributed by atoms with Crippen molar-refractivity contribution in [2.45, 2.75) is 51.2 Å². The minimum Gasteiger partial charge on any atom is -0.338 e. The van der Waals surface area contributed by atoms with Crippen molar-refractivity contribution in [1.82, 2.24) is 19.4 Å². The maximum Gasteiger partial charge on any atom is 0.219 e. The highest BCUT2D eigenvalue weighted by Crippen LogP contribution is 2.30. The summed E-state index contributed by atoms with van der Waals surface area (Å²) in [5.74, 6) is 1.35. The lowest BCUT2D eigenvalue weighted by molar-refractivity contribution is -0.130. The number of hydrogen-bond acceptors (Lipinski definition) is 3. The summed E-state index contributed by atoms with van der Waals surface area (Å²) in [4.78, 5) is 20.8. The third-order valence-electron chi connectivity index (χ3n) is 4.83. The third-order valence-corrected chi connectivity index (χ3v) is 4.83. The van der Waals surface area contributed by atoms with Crippen molar-refractivity contribution in [1.29, 1.82) is 0 Å². The summed E-state index contributed by atoms with van der Waals surface area (Å²) in [6.07, 6.45) is 8.60. The molecule has 5 heteroatoms. The zero-order valence-electron chi connectivity index (χ0n) is 12.5. The Morgan fingerprint density at radius 1 is 1.30 bits per heavy atom. The van der Waals surface area contributed by atoms with Crippen LogP contribution in [0, 0.1) is 0 Å². The molecule has 0 radical (unpaired) electrons. The average Bonchev–Trinajstić information content (AvgIpc) is 3.11. The smallest absolute Gasteiger partial charge is 0.219 e. The first kappa shape index (κ1) is 13.6. The highest BCUT2D eigenvalue weighted by Gasteiger charge is 2.38. The highest BCUT2D eigenvalue weighted by atomic mass is 16.2. The summed E-state index contributed by atoms with van der Waals surface area (Å²) in [6, 6.07) is 0.924. The SMILES string of the molecule is CC(=O)N1CCC[C@H]1[C@@H]1CCCN1Cc1nccn1C. The molecule has 1 aromatic heterocycles. The molecule has 1 amide bonds. The van der Waals surface area contributed by atoms with Gasteiger partial charge in [-0.15, -0.1) is 0 Å². The van der Waals surface area contributed by atoms with Crippen molar-refractivity contribution < 1.29 is 4.79 Å². The number of likely N-dealkylation sites (tertiary alicyclic amines) is 2. The normalized spacial score (nSPS) is 27.4. The molecule has 1 aromatic rings. The van der Waals surface area contributed by atoms with E-state index in [0.29, 0.717) is 12.1 Å². The Hall–Kier alpha value is -1.36. The number of carbonyl (C=O) groups excluding carboxylic acids is 1. The Kier molecular flexibility index (Phi) is 3.78. The van der Waals surface area contributed by atoms with Gasteiger partial charge in [0.2, 0.25) is 5.91 Å². The second-order valence-electron chi connectivity index (χ2n) is 6.06. The van der Waals surface area contributed by atoms with Crippen LogP contribution in [0.4, 0.5) is 0 Å². The van der Waals surface area contributed by atoms with E-state index in [1.165, 1.54) is 12.8 Å². The summed E-state index contributed by atoms with van der Waals surface area (Å²) in [6.45, 7) is 4.67. The van der Waals surface area contributed by atoms with Crippen molar-refractivity contribution in [2.24, 2.45) is 7.05 Å². The minimum absolute atomic E-state index is 0.233. The van der Waals surface area contributed by atoms with E-state index in [9.17, 15) is 4.79 Å². The number of imidazole rings is 1. The fourth-order valence-corrected chi connectivity index (χ4v) is 3.80. The third kappa shape index (κ3) is 2.46. The molecular weight excluding hydrogens is 252 g/mol. The number of nitrogens with zero attached hydrogens (tertiary/aromatic N) is 4. The van der Waals surface area contributed by atoms with Crippen LogP contribution in [0.1, 0.15) is 38.4 Å². The largest absolute Gasteiger partial charge is 0.338 e. The molecule has 0 unspecified atom stereocenters. The molecule has 110 valence electrons. The van der Waals surface area contributed by atoms with Crippen LogP contribution in [-0.4, -0.2) is 50.4 Å². The van der Waals surface area contributed by atoms with Crippen LogP contribution in [0.25, 0.3) is 0 Å². The van der Waals surface area contributed by atoms with Crippen LogP contribution in [-0.2, 0) is 18.4 Å². The lowest BCUT2D eigenvalue weighted by Crippen LogP contribution is -2.47. The van der Waals surface area contributed by atoms with Crippen LogP contribution < -0.4 is 0 Å². The topological polar surface area (TPSA) is 41.4 Å². The van der Waals surface area contributed by atoms with Gasteiger partial charge in [0, 0.05) is 45.0 Å². The molecule has 3 rings (SSSR count). The van der Waals surface area contributed by atoms with Gasteiger partial charge in [0.25, 0.3) is 0 Å². The van der Waals surface area contributed by atoms with Crippen molar-refractivity contribution in [3.8, 4) is 0 Å². The van der Waals surface area contributed by atoms with E-state index < -0.39 is 0 Å². The summed E-state index contributed by atoms with van der Waals surface area (Å²) in [7, 11) is 2.05. The Morgan fingerprint density at radius 2 is 2.05 bits per heavy atom. The first-order valence-corrected chi connectivity index (χ1v) is 7.64. The molecule has 0 saturated carbocycles. The van der Waals surface area contributed by atoms with Crippen LogP contribution in [0.3, 0.4) is 0 Å². The van der Waals surface area contributed by atoms with E-state index in [1.807, 2.05) is 19.4 Å². The number of aryl methyl sites for hydroxylation is 1. The first-order chi connectivity index (χ1) is 9.66. The molecule has 2 saturated heterocycles. The Bertz CT molecular complexity index is 484. The van der Waals surface area contributed by atoms with Gasteiger partial charge in [0.15, 0.2) is 0 Å². The summed E-state index contributed by atoms with van der Waals surface area (Å²) >= 11 is 0. The van der Waals surface area contributed by atoms with Crippen molar-refractivity contribution in [3.63, 3.8) is 0 Å². The summed E-state index contributed by atoms with van der Waals surface area (Å²) in [5, 5.41) is 0. The molecule has 3 heterocycles. The average molecular weight is 276 g/mol. The summed E-state index contributed by atoms with van der Waals surface area (Å²) < 4.78 is 2.09. The second kappa shape index (κ2) is 5.56. The molecule has 2 aliphatic heterocycles. The Labute approximate surface area is 120 Å². The van der Waals surface area contributed by atoms with Crippen LogP contribution in [0.2, 0.25) is 0 Å². The Balaban J connectivity index is 1.72. The van der Waals surface area contributed by atoms with Crippen molar-refractivity contribution in [3.05, 3.63) is 18.2 Å². The van der Waals surface area contributed by atoms with Crippen LogP contribution in [0.15, 0.2) is 12.4 Å². The van der Waals surface area contributed by atoms with Gasteiger partial charge in [0.1, 0.15) is 5.82 Å². The van der Waals surface area contributed by atoms with Crippen LogP contribution >= 0.6 is 0 Å². The number of aromatic nitrogens is 2. The summed E-state index contributed by atoms with van der Waals surface area (Å²) in [5.41, 5.74) is 0. The van der Waals surface area contributed by atoms with E-state index in [4.69, 9.17) is 0 Å². The van der Waals surface area contributed by atoms with Gasteiger partial charge in [-0.25, -0.2) is 4.98 Å². The van der Waals surface area contributed by atoms with E-state index >= 15 is 0 Å². The molecule has 0 aromatic carbocycles. The lowest BCUT2D eigenvalue weighted by Gasteiger charge is -2.34. The number of amides is 1. The molecule has 0 bridgehead atoms. The van der Waals surface area contributed by atoms with E-state index in [-0.39, 0.29) is 5.91 Å². The van der Waals surface area contributed by atoms with Crippen molar-refractivity contribution >= 4 is 5.91 Å².